The number of aromatic nitrogens is 4. The van der Waals surface area contributed by atoms with Crippen molar-refractivity contribution in [2.75, 3.05) is 12.5 Å². The van der Waals surface area contributed by atoms with Crippen LogP contribution in [0.1, 0.15) is 30.8 Å². The van der Waals surface area contributed by atoms with Crippen molar-refractivity contribution in [3.05, 3.63) is 11.5 Å². The molecule has 0 spiro atoms. The average molecular weight is 297 g/mol. The van der Waals surface area contributed by atoms with Gasteiger partial charge in [0.25, 0.3) is 0 Å². The average Bonchev–Trinajstić information content (AvgIpc) is 3.08. The number of imidazole rings is 1. The standard InChI is InChI=1S/C14H21ClN4O/c1-10-13-14(18(2)17-10)19(12(16-13)5-7-15)8-6-11-4-3-9-20-11/h11H,3-9H2,1-2H3. The zero-order valence-corrected chi connectivity index (χ0v) is 12.9. The third-order valence-corrected chi connectivity index (χ3v) is 4.17. The van der Waals surface area contributed by atoms with Crippen LogP contribution >= 0.6 is 11.6 Å². The molecule has 6 heteroatoms. The SMILES string of the molecule is Cc1nn(C)c2c1nc(CCCl)n2CCC1CCCO1. The summed E-state index contributed by atoms with van der Waals surface area (Å²) in [7, 11) is 1.98. The van der Waals surface area contributed by atoms with Crippen LogP contribution in [0, 0.1) is 6.92 Å². The third-order valence-electron chi connectivity index (χ3n) is 3.99. The second kappa shape index (κ2) is 5.74. The van der Waals surface area contributed by atoms with Crippen LogP contribution in [0.4, 0.5) is 0 Å². The number of aryl methyl sites for hydroxylation is 4. The van der Waals surface area contributed by atoms with Crippen molar-refractivity contribution in [2.45, 2.75) is 45.3 Å². The Morgan fingerprint density at radius 3 is 3.00 bits per heavy atom. The smallest absolute Gasteiger partial charge is 0.158 e. The van der Waals surface area contributed by atoms with Gasteiger partial charge in [0, 0.05) is 32.5 Å². The molecule has 0 amide bonds. The molecule has 0 bridgehead atoms. The zero-order valence-electron chi connectivity index (χ0n) is 12.1. The molecule has 0 radical (unpaired) electrons. The van der Waals surface area contributed by atoms with Crippen molar-refractivity contribution in [2.24, 2.45) is 7.05 Å². The molecular weight excluding hydrogens is 276 g/mol. The molecule has 1 unspecified atom stereocenters. The normalized spacial score (nSPS) is 19.2. The Hall–Kier alpha value is -1.07. The summed E-state index contributed by atoms with van der Waals surface area (Å²) in [6.07, 6.45) is 4.58. The highest BCUT2D eigenvalue weighted by atomic mass is 35.5. The molecule has 2 aromatic heterocycles. The molecule has 0 N–H and O–H groups in total. The zero-order chi connectivity index (χ0) is 14.1. The van der Waals surface area contributed by atoms with E-state index in [0.29, 0.717) is 12.0 Å². The van der Waals surface area contributed by atoms with E-state index in [1.807, 2.05) is 18.7 Å². The Kier molecular flexibility index (Phi) is 3.98. The third kappa shape index (κ3) is 2.44. The van der Waals surface area contributed by atoms with Gasteiger partial charge < -0.3 is 9.30 Å². The highest BCUT2D eigenvalue weighted by molar-refractivity contribution is 6.17. The molecule has 1 saturated heterocycles. The van der Waals surface area contributed by atoms with Crippen LogP contribution in [0.5, 0.6) is 0 Å². The lowest BCUT2D eigenvalue weighted by Gasteiger charge is -2.12. The molecule has 1 aliphatic heterocycles. The minimum Gasteiger partial charge on any atom is -0.378 e. The van der Waals surface area contributed by atoms with Crippen LogP contribution < -0.4 is 0 Å². The quantitative estimate of drug-likeness (QED) is 0.796. The summed E-state index contributed by atoms with van der Waals surface area (Å²) in [4.78, 5) is 4.72. The number of fused-ring (bicyclic) bond motifs is 1. The largest absolute Gasteiger partial charge is 0.378 e. The van der Waals surface area contributed by atoms with Gasteiger partial charge in [0.2, 0.25) is 0 Å². The fourth-order valence-electron chi connectivity index (χ4n) is 3.04. The van der Waals surface area contributed by atoms with Crippen molar-refractivity contribution < 1.29 is 4.74 Å². The lowest BCUT2D eigenvalue weighted by atomic mass is 10.2. The molecule has 1 atom stereocenters. The monoisotopic (exact) mass is 296 g/mol. The van der Waals surface area contributed by atoms with Gasteiger partial charge in [-0.25, -0.2) is 4.98 Å². The number of alkyl halides is 1. The fraction of sp³-hybridized carbons (Fsp3) is 0.714. The molecule has 3 heterocycles. The van der Waals surface area contributed by atoms with E-state index < -0.39 is 0 Å². The van der Waals surface area contributed by atoms with E-state index in [2.05, 4.69) is 9.67 Å². The minimum atomic E-state index is 0.394. The van der Waals surface area contributed by atoms with Crippen molar-refractivity contribution >= 4 is 22.8 Å². The van der Waals surface area contributed by atoms with Crippen LogP contribution in [-0.4, -0.2) is 37.9 Å². The second-order valence-corrected chi connectivity index (χ2v) is 5.80. The van der Waals surface area contributed by atoms with E-state index in [9.17, 15) is 0 Å². The van der Waals surface area contributed by atoms with Crippen molar-refractivity contribution in [3.63, 3.8) is 0 Å². The molecular formula is C14H21ClN4O. The number of ether oxygens (including phenoxy) is 1. The summed E-state index contributed by atoms with van der Waals surface area (Å²) in [6, 6.07) is 0. The van der Waals surface area contributed by atoms with E-state index in [1.165, 1.54) is 12.8 Å². The lowest BCUT2D eigenvalue weighted by molar-refractivity contribution is 0.100. The highest BCUT2D eigenvalue weighted by Gasteiger charge is 2.20. The maximum atomic E-state index is 5.91. The molecule has 1 fully saturated rings. The molecule has 110 valence electrons. The lowest BCUT2D eigenvalue weighted by Crippen LogP contribution is -2.14. The van der Waals surface area contributed by atoms with E-state index in [1.54, 1.807) is 0 Å². The molecule has 0 saturated carbocycles. The first-order valence-corrected chi connectivity index (χ1v) is 7.80. The van der Waals surface area contributed by atoms with Gasteiger partial charge in [-0.1, -0.05) is 0 Å². The molecule has 5 nitrogen and oxygen atoms in total. The molecule has 1 aliphatic rings. The topological polar surface area (TPSA) is 44.9 Å². The van der Waals surface area contributed by atoms with E-state index in [4.69, 9.17) is 21.3 Å². The van der Waals surface area contributed by atoms with Crippen LogP contribution in [0.25, 0.3) is 11.2 Å². The van der Waals surface area contributed by atoms with Gasteiger partial charge in [0.15, 0.2) is 5.65 Å². The first-order valence-electron chi connectivity index (χ1n) is 7.27. The Balaban J connectivity index is 1.90. The maximum absolute atomic E-state index is 5.91. The summed E-state index contributed by atoms with van der Waals surface area (Å²) in [5.74, 6) is 1.65. The second-order valence-electron chi connectivity index (χ2n) is 5.42. The minimum absolute atomic E-state index is 0.394. The van der Waals surface area contributed by atoms with Crippen molar-refractivity contribution in [1.29, 1.82) is 0 Å². The van der Waals surface area contributed by atoms with Gasteiger partial charge >= 0.3 is 0 Å². The van der Waals surface area contributed by atoms with Crippen molar-refractivity contribution in [1.82, 2.24) is 19.3 Å². The van der Waals surface area contributed by atoms with Gasteiger partial charge in [-0.3, -0.25) is 4.68 Å². The Morgan fingerprint density at radius 1 is 1.45 bits per heavy atom. The van der Waals surface area contributed by atoms with E-state index in [0.717, 1.165) is 48.7 Å². The fourth-order valence-corrected chi connectivity index (χ4v) is 3.20. The first kappa shape index (κ1) is 13.9. The first-order chi connectivity index (χ1) is 9.70. The summed E-state index contributed by atoms with van der Waals surface area (Å²) < 4.78 is 9.90. The van der Waals surface area contributed by atoms with Crippen LogP contribution in [0.2, 0.25) is 0 Å². The predicted molar refractivity (Wildman–Crippen MR) is 79.3 cm³/mol. The van der Waals surface area contributed by atoms with E-state index >= 15 is 0 Å². The number of halogens is 1. The summed E-state index contributed by atoms with van der Waals surface area (Å²) >= 11 is 5.91. The number of hydrogen-bond donors (Lipinski definition) is 0. The molecule has 0 aromatic carbocycles. The predicted octanol–water partition coefficient (Wildman–Crippen LogP) is 2.43. The van der Waals surface area contributed by atoms with Gasteiger partial charge in [-0.15, -0.1) is 11.6 Å². The molecule has 0 aliphatic carbocycles. The van der Waals surface area contributed by atoms with Gasteiger partial charge in [0.05, 0.1) is 11.8 Å². The Morgan fingerprint density at radius 2 is 2.30 bits per heavy atom. The Bertz CT molecular complexity index is 598. The molecule has 2 aromatic rings. The number of rotatable bonds is 5. The van der Waals surface area contributed by atoms with Gasteiger partial charge in [-0.2, -0.15) is 5.10 Å². The summed E-state index contributed by atoms with van der Waals surface area (Å²) in [6.45, 7) is 3.83. The highest BCUT2D eigenvalue weighted by Crippen LogP contribution is 2.22. The van der Waals surface area contributed by atoms with Gasteiger partial charge in [-0.05, 0) is 26.2 Å². The molecule has 20 heavy (non-hydrogen) atoms. The molecule has 3 rings (SSSR count). The summed E-state index contributed by atoms with van der Waals surface area (Å²) in [5.41, 5.74) is 3.08. The maximum Gasteiger partial charge on any atom is 0.158 e. The van der Waals surface area contributed by atoms with E-state index in [-0.39, 0.29) is 0 Å². The number of nitrogens with zero attached hydrogens (tertiary/aromatic N) is 4. The number of hydrogen-bond acceptors (Lipinski definition) is 3. The van der Waals surface area contributed by atoms with Crippen LogP contribution in [0.3, 0.4) is 0 Å². The Labute approximate surface area is 123 Å². The van der Waals surface area contributed by atoms with Crippen LogP contribution in [0.15, 0.2) is 0 Å². The van der Waals surface area contributed by atoms with Gasteiger partial charge in [0.1, 0.15) is 11.3 Å². The summed E-state index contributed by atoms with van der Waals surface area (Å²) in [5, 5.41) is 4.46. The van der Waals surface area contributed by atoms with Crippen molar-refractivity contribution in [3.8, 4) is 0 Å². The van der Waals surface area contributed by atoms with Crippen LogP contribution in [-0.2, 0) is 24.8 Å².